The third-order valence-electron chi connectivity index (χ3n) is 5.15. The Hall–Kier alpha value is -0.0800. The Morgan fingerprint density at radius 3 is 2.56 bits per heavy atom. The van der Waals surface area contributed by atoms with Crippen LogP contribution in [0.15, 0.2) is 0 Å². The van der Waals surface area contributed by atoms with Gasteiger partial charge in [0.25, 0.3) is 0 Å². The molecule has 18 heavy (non-hydrogen) atoms. The van der Waals surface area contributed by atoms with E-state index in [4.69, 9.17) is 5.73 Å². The minimum atomic E-state index is 0.263. The average molecular weight is 254 g/mol. The molecular formula is C16H34N2. The van der Waals surface area contributed by atoms with E-state index in [1.165, 1.54) is 51.6 Å². The van der Waals surface area contributed by atoms with Gasteiger partial charge in [0.05, 0.1) is 0 Å². The SMILES string of the molecule is CCC(C)CC(CC)(CN)N1CCCC(C)CC1. The van der Waals surface area contributed by atoms with Gasteiger partial charge in [0, 0.05) is 12.1 Å². The first-order valence-electron chi connectivity index (χ1n) is 8.03. The minimum Gasteiger partial charge on any atom is -0.329 e. The fourth-order valence-electron chi connectivity index (χ4n) is 3.38. The van der Waals surface area contributed by atoms with Crippen molar-refractivity contribution in [3.05, 3.63) is 0 Å². The van der Waals surface area contributed by atoms with Gasteiger partial charge < -0.3 is 5.73 Å². The fraction of sp³-hybridized carbons (Fsp3) is 1.00. The highest BCUT2D eigenvalue weighted by atomic mass is 15.2. The predicted molar refractivity (Wildman–Crippen MR) is 80.7 cm³/mol. The van der Waals surface area contributed by atoms with Crippen molar-refractivity contribution in [3.63, 3.8) is 0 Å². The zero-order chi connectivity index (χ0) is 13.6. The third kappa shape index (κ3) is 3.96. The second-order valence-corrected chi connectivity index (χ2v) is 6.52. The molecule has 0 amide bonds. The van der Waals surface area contributed by atoms with Crippen molar-refractivity contribution in [2.45, 2.75) is 71.8 Å². The van der Waals surface area contributed by atoms with Crippen LogP contribution in [0.25, 0.3) is 0 Å². The van der Waals surface area contributed by atoms with Gasteiger partial charge in [-0.3, -0.25) is 4.90 Å². The van der Waals surface area contributed by atoms with Crippen molar-refractivity contribution in [2.75, 3.05) is 19.6 Å². The summed E-state index contributed by atoms with van der Waals surface area (Å²) in [6, 6.07) is 0. The molecule has 1 heterocycles. The van der Waals surface area contributed by atoms with Crippen LogP contribution in [0, 0.1) is 11.8 Å². The number of rotatable bonds is 6. The zero-order valence-electron chi connectivity index (χ0n) is 13.0. The van der Waals surface area contributed by atoms with Gasteiger partial charge in [-0.25, -0.2) is 0 Å². The Bertz CT molecular complexity index is 223. The van der Waals surface area contributed by atoms with Crippen molar-refractivity contribution in [1.82, 2.24) is 4.90 Å². The highest BCUT2D eigenvalue weighted by molar-refractivity contribution is 4.93. The Morgan fingerprint density at radius 2 is 2.00 bits per heavy atom. The van der Waals surface area contributed by atoms with Crippen LogP contribution in [0.4, 0.5) is 0 Å². The van der Waals surface area contributed by atoms with E-state index in [1.54, 1.807) is 0 Å². The van der Waals surface area contributed by atoms with Crippen LogP contribution in [0.5, 0.6) is 0 Å². The maximum absolute atomic E-state index is 6.20. The highest BCUT2D eigenvalue weighted by Gasteiger charge is 2.35. The fourth-order valence-corrected chi connectivity index (χ4v) is 3.38. The Labute approximate surface area is 114 Å². The van der Waals surface area contributed by atoms with Crippen LogP contribution in [-0.2, 0) is 0 Å². The number of likely N-dealkylation sites (tertiary alicyclic amines) is 1. The van der Waals surface area contributed by atoms with Gasteiger partial charge >= 0.3 is 0 Å². The molecule has 3 atom stereocenters. The molecule has 0 radical (unpaired) electrons. The number of hydrogen-bond acceptors (Lipinski definition) is 2. The molecule has 0 saturated carbocycles. The van der Waals surface area contributed by atoms with Crippen molar-refractivity contribution < 1.29 is 0 Å². The first-order valence-corrected chi connectivity index (χ1v) is 8.03. The average Bonchev–Trinajstić information content (AvgIpc) is 2.61. The van der Waals surface area contributed by atoms with Gasteiger partial charge in [-0.1, -0.05) is 34.1 Å². The van der Waals surface area contributed by atoms with E-state index >= 15 is 0 Å². The van der Waals surface area contributed by atoms with Gasteiger partial charge in [0.2, 0.25) is 0 Å². The van der Waals surface area contributed by atoms with Gasteiger partial charge in [-0.05, 0) is 57.0 Å². The van der Waals surface area contributed by atoms with Gasteiger partial charge in [0.1, 0.15) is 0 Å². The van der Waals surface area contributed by atoms with Crippen LogP contribution in [0.3, 0.4) is 0 Å². The molecule has 1 aliphatic heterocycles. The Kier molecular flexibility index (Phi) is 6.65. The molecule has 2 N–H and O–H groups in total. The lowest BCUT2D eigenvalue weighted by atomic mass is 9.83. The topological polar surface area (TPSA) is 29.3 Å². The van der Waals surface area contributed by atoms with E-state index in [1.807, 2.05) is 0 Å². The van der Waals surface area contributed by atoms with E-state index in [0.29, 0.717) is 0 Å². The largest absolute Gasteiger partial charge is 0.329 e. The summed E-state index contributed by atoms with van der Waals surface area (Å²) in [5, 5.41) is 0. The maximum Gasteiger partial charge on any atom is 0.0331 e. The van der Waals surface area contributed by atoms with Crippen LogP contribution >= 0.6 is 0 Å². The van der Waals surface area contributed by atoms with Crippen LogP contribution < -0.4 is 5.73 Å². The molecule has 1 fully saturated rings. The van der Waals surface area contributed by atoms with E-state index in [2.05, 4.69) is 32.6 Å². The molecule has 1 rings (SSSR count). The van der Waals surface area contributed by atoms with E-state index < -0.39 is 0 Å². The summed E-state index contributed by atoms with van der Waals surface area (Å²) < 4.78 is 0. The van der Waals surface area contributed by atoms with Crippen LogP contribution in [-0.4, -0.2) is 30.1 Å². The van der Waals surface area contributed by atoms with Crippen molar-refractivity contribution >= 4 is 0 Å². The lowest BCUT2D eigenvalue weighted by Crippen LogP contribution is -2.54. The smallest absolute Gasteiger partial charge is 0.0331 e. The predicted octanol–water partition coefficient (Wildman–Crippen LogP) is 3.65. The van der Waals surface area contributed by atoms with Gasteiger partial charge in [-0.15, -0.1) is 0 Å². The van der Waals surface area contributed by atoms with Crippen LogP contribution in [0.2, 0.25) is 0 Å². The zero-order valence-corrected chi connectivity index (χ0v) is 13.0. The second kappa shape index (κ2) is 7.49. The molecule has 108 valence electrons. The molecule has 2 heteroatoms. The molecule has 0 spiro atoms. The third-order valence-corrected chi connectivity index (χ3v) is 5.15. The Balaban J connectivity index is 2.75. The minimum absolute atomic E-state index is 0.263. The molecule has 0 aromatic heterocycles. The summed E-state index contributed by atoms with van der Waals surface area (Å²) in [7, 11) is 0. The normalized spacial score (nSPS) is 27.5. The highest BCUT2D eigenvalue weighted by Crippen LogP contribution is 2.31. The van der Waals surface area contributed by atoms with Crippen LogP contribution in [0.1, 0.15) is 66.2 Å². The molecule has 0 bridgehead atoms. The molecule has 1 aliphatic rings. The van der Waals surface area contributed by atoms with E-state index in [0.717, 1.165) is 18.4 Å². The first-order chi connectivity index (χ1) is 8.57. The monoisotopic (exact) mass is 254 g/mol. The molecule has 0 aromatic carbocycles. The van der Waals surface area contributed by atoms with Crippen molar-refractivity contribution in [1.29, 1.82) is 0 Å². The van der Waals surface area contributed by atoms with Crippen molar-refractivity contribution in [2.24, 2.45) is 17.6 Å². The molecular weight excluding hydrogens is 220 g/mol. The lowest BCUT2D eigenvalue weighted by molar-refractivity contribution is 0.0682. The Morgan fingerprint density at radius 1 is 1.28 bits per heavy atom. The number of nitrogens with two attached hydrogens (primary N) is 1. The van der Waals surface area contributed by atoms with E-state index in [-0.39, 0.29) is 5.54 Å². The van der Waals surface area contributed by atoms with Gasteiger partial charge in [0.15, 0.2) is 0 Å². The molecule has 0 aliphatic carbocycles. The second-order valence-electron chi connectivity index (χ2n) is 6.52. The summed E-state index contributed by atoms with van der Waals surface area (Å²) in [6.45, 7) is 12.7. The molecule has 3 unspecified atom stereocenters. The summed E-state index contributed by atoms with van der Waals surface area (Å²) >= 11 is 0. The number of nitrogens with zero attached hydrogens (tertiary/aromatic N) is 1. The summed E-state index contributed by atoms with van der Waals surface area (Å²) in [5.41, 5.74) is 6.46. The maximum atomic E-state index is 6.20. The van der Waals surface area contributed by atoms with E-state index in [9.17, 15) is 0 Å². The molecule has 2 nitrogen and oxygen atoms in total. The quantitative estimate of drug-likeness (QED) is 0.784. The van der Waals surface area contributed by atoms with Gasteiger partial charge in [-0.2, -0.15) is 0 Å². The first kappa shape index (κ1) is 16.0. The molecule has 1 saturated heterocycles. The lowest BCUT2D eigenvalue weighted by Gasteiger charge is -2.44. The summed E-state index contributed by atoms with van der Waals surface area (Å²) in [6.07, 6.45) is 7.83. The summed E-state index contributed by atoms with van der Waals surface area (Å²) in [4.78, 5) is 2.72. The number of hydrogen-bond donors (Lipinski definition) is 1. The van der Waals surface area contributed by atoms with Crippen molar-refractivity contribution in [3.8, 4) is 0 Å². The molecule has 0 aromatic rings. The summed E-state index contributed by atoms with van der Waals surface area (Å²) in [5.74, 6) is 1.68. The standard InChI is InChI=1S/C16H34N2/c1-5-14(3)12-16(6-2,13-17)18-10-7-8-15(4)9-11-18/h14-15H,5-13,17H2,1-4H3.